The number of aryl methyl sites for hydroxylation is 2. The number of rotatable bonds is 10. The number of anilines is 2. The monoisotopic (exact) mass is 780 g/mol. The molecular weight excluding hydrogens is 755 g/mol. The molecule has 0 unspecified atom stereocenters. The van der Waals surface area contributed by atoms with E-state index in [1.807, 2.05) is 42.7 Å². The molecule has 7 aromatic heterocycles. The predicted octanol–water partition coefficient (Wildman–Crippen LogP) is 5.69. The maximum atomic E-state index is 14.2. The molecule has 8 aromatic rings. The first-order chi connectivity index (χ1) is 26.3. The van der Waals surface area contributed by atoms with E-state index < -0.39 is 11.8 Å². The van der Waals surface area contributed by atoms with Crippen LogP contribution in [0.4, 0.5) is 10.3 Å². The number of carbonyl (C=O) groups is 2. The first-order valence-corrected chi connectivity index (χ1v) is 18.3. The second-order valence-corrected chi connectivity index (χ2v) is 14.2. The van der Waals surface area contributed by atoms with Crippen molar-refractivity contribution in [3.8, 4) is 44.1 Å². The minimum Gasteiger partial charge on any atom is -0.494 e. The van der Waals surface area contributed by atoms with E-state index in [2.05, 4.69) is 46.0 Å². The summed E-state index contributed by atoms with van der Waals surface area (Å²) in [6, 6.07) is 7.54. The van der Waals surface area contributed by atoms with Gasteiger partial charge in [-0.1, -0.05) is 10.2 Å². The highest BCUT2D eigenvalue weighted by Crippen LogP contribution is 2.39. The van der Waals surface area contributed by atoms with Gasteiger partial charge in [0.2, 0.25) is 21.7 Å². The second-order valence-electron chi connectivity index (χ2n) is 11.4. The molecule has 1 aromatic carbocycles. The molecule has 2 N–H and O–H groups in total. The lowest BCUT2D eigenvalue weighted by atomic mass is 9.97. The fourth-order valence-electron chi connectivity index (χ4n) is 5.84. The lowest BCUT2D eigenvalue weighted by Gasteiger charge is -2.14. The summed E-state index contributed by atoms with van der Waals surface area (Å²) in [5, 5.41) is 22.7. The van der Waals surface area contributed by atoms with Crippen LogP contribution >= 0.6 is 34.0 Å². The molecule has 0 fully saturated rings. The van der Waals surface area contributed by atoms with Crippen LogP contribution in [0.2, 0.25) is 0 Å². The van der Waals surface area contributed by atoms with E-state index in [0.717, 1.165) is 38.8 Å². The van der Waals surface area contributed by atoms with Crippen LogP contribution in [0.3, 0.4) is 0 Å². The molecule has 0 spiro atoms. The minimum absolute atomic E-state index is 0.246. The van der Waals surface area contributed by atoms with Crippen molar-refractivity contribution in [2.45, 2.75) is 13.8 Å². The van der Waals surface area contributed by atoms with Crippen LogP contribution in [0.1, 0.15) is 32.1 Å². The number of fused-ring (bicyclic) bond motifs is 2. The molecule has 0 saturated heterocycles. The zero-order valence-corrected chi connectivity index (χ0v) is 31.3. The summed E-state index contributed by atoms with van der Waals surface area (Å²) < 4.78 is 24.2. The molecule has 0 atom stereocenters. The Labute approximate surface area is 316 Å². The van der Waals surface area contributed by atoms with Gasteiger partial charge in [-0.3, -0.25) is 25.2 Å². The number of aromatic nitrogens is 9. The minimum atomic E-state index is -0.471. The van der Waals surface area contributed by atoms with Crippen LogP contribution < -0.4 is 29.4 Å². The third-order valence-corrected chi connectivity index (χ3v) is 10.7. The highest BCUT2D eigenvalue weighted by molar-refractivity contribution is 7.17. The molecule has 0 aliphatic carbocycles. The standard InChI is InChI=1S/C34H25N11O6S3/c1-15-8-18(20(10-35-15)28(46)39-31-41-43-33(49-4)53-31)17-6-7-22(27-25(17)38-14-52-27)45-12-21(29(47)40-32-42-44-34(50-5)54-32)19(9-16(45)2)24-23(48-3)11-36-30-26(24)37-13-51-30/h6-14H,1-5H3,(H-,39,40,41,42,46,47)/p+1. The molecule has 0 aliphatic rings. The van der Waals surface area contributed by atoms with Crippen molar-refractivity contribution in [1.29, 1.82) is 0 Å². The first-order valence-electron chi connectivity index (χ1n) is 15.8. The second kappa shape index (κ2) is 14.1. The Morgan fingerprint density at radius 1 is 0.759 bits per heavy atom. The van der Waals surface area contributed by atoms with E-state index >= 15 is 0 Å². The summed E-state index contributed by atoms with van der Waals surface area (Å²) in [4.78, 5) is 45.7. The zero-order chi connectivity index (χ0) is 37.5. The average molecular weight is 781 g/mol. The maximum absolute atomic E-state index is 14.2. The molecule has 17 nitrogen and oxygen atoms in total. The molecule has 54 heavy (non-hydrogen) atoms. The van der Waals surface area contributed by atoms with E-state index in [1.54, 1.807) is 11.7 Å². The van der Waals surface area contributed by atoms with Crippen molar-refractivity contribution in [2.75, 3.05) is 32.0 Å². The van der Waals surface area contributed by atoms with Crippen LogP contribution in [0, 0.1) is 13.8 Å². The van der Waals surface area contributed by atoms with Gasteiger partial charge >= 0.3 is 0 Å². The molecule has 270 valence electrons. The van der Waals surface area contributed by atoms with E-state index in [1.165, 1.54) is 51.5 Å². The van der Waals surface area contributed by atoms with Gasteiger partial charge < -0.3 is 18.6 Å². The fraction of sp³-hybridized carbons (Fsp3) is 0.147. The van der Waals surface area contributed by atoms with Gasteiger partial charge in [-0.15, -0.1) is 21.5 Å². The van der Waals surface area contributed by atoms with Crippen LogP contribution in [0.5, 0.6) is 16.1 Å². The Kier molecular flexibility index (Phi) is 9.05. The lowest BCUT2D eigenvalue weighted by Crippen LogP contribution is -2.36. The molecule has 0 radical (unpaired) electrons. The number of carbonyl (C=O) groups excluding carboxylic acids is 2. The first kappa shape index (κ1) is 34.6. The van der Waals surface area contributed by atoms with E-state index in [9.17, 15) is 9.59 Å². The van der Waals surface area contributed by atoms with Crippen molar-refractivity contribution in [1.82, 2.24) is 40.3 Å². The van der Waals surface area contributed by atoms with Gasteiger partial charge in [0.1, 0.15) is 21.5 Å². The smallest absolute Gasteiger partial charge is 0.295 e. The number of oxazole rings is 1. The summed E-state index contributed by atoms with van der Waals surface area (Å²) >= 11 is 3.61. The number of hydrogen-bond donors (Lipinski definition) is 2. The largest absolute Gasteiger partial charge is 0.494 e. The van der Waals surface area contributed by atoms with Crippen LogP contribution in [0.25, 0.3) is 49.4 Å². The SMILES string of the molecule is COc1nnc(NC(=O)c2c[n+](-c3ccc(-c4cc(C)ncc4C(=O)Nc4nnc(OC)s4)c4ncsc34)c(C)cc2-c2c(OC)cnc3ocnc23)s1. The molecular formula is C34H26N11O6S3+. The summed E-state index contributed by atoms with van der Waals surface area (Å²) in [5.74, 6) is -0.491. The van der Waals surface area contributed by atoms with Crippen molar-refractivity contribution in [3.05, 3.63) is 77.3 Å². The molecule has 7 heterocycles. The molecule has 0 aliphatic heterocycles. The highest BCUT2D eigenvalue weighted by Gasteiger charge is 2.29. The number of nitrogens with one attached hydrogen (secondary N) is 2. The third kappa shape index (κ3) is 6.20. The molecule has 0 bridgehead atoms. The summed E-state index contributed by atoms with van der Waals surface area (Å²) in [6.45, 7) is 3.77. The number of methoxy groups -OCH3 is 3. The zero-order valence-electron chi connectivity index (χ0n) is 28.9. The van der Waals surface area contributed by atoms with Gasteiger partial charge in [0, 0.05) is 42.1 Å². The topological polar surface area (TPSA) is 206 Å². The van der Waals surface area contributed by atoms with Gasteiger partial charge in [-0.2, -0.15) is 4.57 Å². The average Bonchev–Trinajstić information content (AvgIpc) is 4.01. The Morgan fingerprint density at radius 3 is 2.17 bits per heavy atom. The van der Waals surface area contributed by atoms with E-state index in [-0.39, 0.29) is 21.5 Å². The number of benzene rings is 1. The fourth-order valence-corrected chi connectivity index (χ4v) is 7.78. The van der Waals surface area contributed by atoms with Crippen LogP contribution in [-0.4, -0.2) is 73.5 Å². The summed E-state index contributed by atoms with van der Waals surface area (Å²) in [7, 11) is 4.47. The highest BCUT2D eigenvalue weighted by atomic mass is 32.1. The van der Waals surface area contributed by atoms with Crippen LogP contribution in [-0.2, 0) is 0 Å². The number of ether oxygens (including phenoxy) is 3. The van der Waals surface area contributed by atoms with Gasteiger partial charge in [0.15, 0.2) is 18.3 Å². The van der Waals surface area contributed by atoms with Crippen LogP contribution in [0.15, 0.2) is 59.2 Å². The molecule has 0 saturated carbocycles. The number of hydrogen-bond acceptors (Lipinski definition) is 17. The van der Waals surface area contributed by atoms with Gasteiger partial charge in [0.25, 0.3) is 22.2 Å². The normalized spacial score (nSPS) is 11.2. The third-order valence-electron chi connectivity index (χ3n) is 8.25. The number of thiazole rings is 1. The van der Waals surface area contributed by atoms with E-state index in [4.69, 9.17) is 23.6 Å². The van der Waals surface area contributed by atoms with E-state index in [0.29, 0.717) is 60.7 Å². The Balaban J connectivity index is 1.27. The molecule has 8 rings (SSSR count). The van der Waals surface area contributed by atoms with Crippen molar-refractivity contribution in [2.24, 2.45) is 0 Å². The Morgan fingerprint density at radius 2 is 1.48 bits per heavy atom. The summed E-state index contributed by atoms with van der Waals surface area (Å²) in [6.07, 6.45) is 6.08. The molecule has 2 amide bonds. The maximum Gasteiger partial charge on any atom is 0.295 e. The number of pyridine rings is 3. The predicted molar refractivity (Wildman–Crippen MR) is 200 cm³/mol. The number of nitrogens with zero attached hydrogens (tertiary/aromatic N) is 9. The van der Waals surface area contributed by atoms with Gasteiger partial charge in [-0.05, 0) is 47.3 Å². The number of amides is 2. The summed E-state index contributed by atoms with van der Waals surface area (Å²) in [5.41, 5.74) is 8.30. The Bertz CT molecular complexity index is 2740. The van der Waals surface area contributed by atoms with Gasteiger partial charge in [-0.25, -0.2) is 15.0 Å². The van der Waals surface area contributed by atoms with Crippen molar-refractivity contribution in [3.63, 3.8) is 0 Å². The van der Waals surface area contributed by atoms with Gasteiger partial charge in [0.05, 0.1) is 49.7 Å². The lowest BCUT2D eigenvalue weighted by molar-refractivity contribution is -0.601. The van der Waals surface area contributed by atoms with Crippen molar-refractivity contribution < 1.29 is 32.8 Å². The Hall–Kier alpha value is -6.51. The van der Waals surface area contributed by atoms with Crippen molar-refractivity contribution >= 4 is 77.5 Å². The quantitative estimate of drug-likeness (QED) is 0.160. The molecule has 20 heteroatoms.